The molecule has 1 atom stereocenters. The molecule has 3 heteroatoms. The van der Waals surface area contributed by atoms with Crippen LogP contribution in [0.3, 0.4) is 0 Å². The largest absolute Gasteiger partial charge is 0.382 e. The number of pyridine rings is 2. The Morgan fingerprint density at radius 3 is 2.56 bits per heavy atom. The molecule has 82 valence electrons. The van der Waals surface area contributed by atoms with E-state index < -0.39 is 6.10 Å². The fourth-order valence-electron chi connectivity index (χ4n) is 1.56. The van der Waals surface area contributed by atoms with E-state index in [2.05, 4.69) is 9.97 Å². The van der Waals surface area contributed by atoms with Crippen molar-refractivity contribution in [3.63, 3.8) is 0 Å². The van der Waals surface area contributed by atoms with Gasteiger partial charge in [-0.3, -0.25) is 9.97 Å². The predicted molar refractivity (Wildman–Crippen MR) is 62.0 cm³/mol. The zero-order valence-corrected chi connectivity index (χ0v) is 9.38. The highest BCUT2D eigenvalue weighted by atomic mass is 16.3. The number of aliphatic hydroxyl groups excluding tert-OH is 1. The molecule has 2 aromatic rings. The molecule has 0 aliphatic carbocycles. The summed E-state index contributed by atoms with van der Waals surface area (Å²) in [4.78, 5) is 8.24. The molecule has 0 aliphatic rings. The van der Waals surface area contributed by atoms with E-state index in [9.17, 15) is 5.11 Å². The number of aliphatic hydroxyl groups is 1. The number of hydrogen-bond acceptors (Lipinski definition) is 3. The minimum Gasteiger partial charge on any atom is -0.382 e. The van der Waals surface area contributed by atoms with E-state index in [1.807, 2.05) is 32.0 Å². The number of aromatic nitrogens is 2. The molecule has 0 saturated carbocycles. The van der Waals surface area contributed by atoms with E-state index >= 15 is 0 Å². The van der Waals surface area contributed by atoms with Crippen LogP contribution in [0.25, 0.3) is 0 Å². The van der Waals surface area contributed by atoms with Crippen LogP contribution in [0.4, 0.5) is 0 Å². The Hall–Kier alpha value is -1.74. The van der Waals surface area contributed by atoms with Crippen molar-refractivity contribution in [1.29, 1.82) is 0 Å². The van der Waals surface area contributed by atoms with Crippen molar-refractivity contribution in [2.24, 2.45) is 0 Å². The van der Waals surface area contributed by atoms with E-state index in [0.29, 0.717) is 5.69 Å². The van der Waals surface area contributed by atoms with Gasteiger partial charge in [0.1, 0.15) is 6.10 Å². The topological polar surface area (TPSA) is 46.0 Å². The number of nitrogens with zero attached hydrogens (tertiary/aromatic N) is 2. The third kappa shape index (κ3) is 2.09. The van der Waals surface area contributed by atoms with Gasteiger partial charge in [0.2, 0.25) is 0 Å². The molecular formula is C13H14N2O. The first-order chi connectivity index (χ1) is 7.68. The Morgan fingerprint density at radius 1 is 1.12 bits per heavy atom. The molecule has 0 bridgehead atoms. The summed E-state index contributed by atoms with van der Waals surface area (Å²) < 4.78 is 0. The van der Waals surface area contributed by atoms with Gasteiger partial charge in [-0.1, -0.05) is 6.07 Å². The second-order valence-corrected chi connectivity index (χ2v) is 3.90. The fourth-order valence-corrected chi connectivity index (χ4v) is 1.56. The number of hydrogen-bond donors (Lipinski definition) is 1. The zero-order chi connectivity index (χ0) is 11.5. The van der Waals surface area contributed by atoms with Gasteiger partial charge < -0.3 is 5.11 Å². The molecule has 16 heavy (non-hydrogen) atoms. The third-order valence-corrected chi connectivity index (χ3v) is 2.59. The van der Waals surface area contributed by atoms with Crippen LogP contribution in [0.15, 0.2) is 36.8 Å². The third-order valence-electron chi connectivity index (χ3n) is 2.59. The molecule has 2 aromatic heterocycles. The highest BCUT2D eigenvalue weighted by Gasteiger charge is 2.13. The lowest BCUT2D eigenvalue weighted by atomic mass is 10.0. The van der Waals surface area contributed by atoms with Crippen LogP contribution in [-0.2, 0) is 0 Å². The molecule has 0 fully saturated rings. The lowest BCUT2D eigenvalue weighted by Gasteiger charge is -2.12. The van der Waals surface area contributed by atoms with E-state index in [1.165, 1.54) is 0 Å². The number of aryl methyl sites for hydroxylation is 2. The normalized spacial score (nSPS) is 12.4. The summed E-state index contributed by atoms with van der Waals surface area (Å²) in [5.74, 6) is 0. The maximum atomic E-state index is 10.2. The van der Waals surface area contributed by atoms with Crippen LogP contribution >= 0.6 is 0 Å². The number of rotatable bonds is 2. The Morgan fingerprint density at radius 2 is 1.94 bits per heavy atom. The second kappa shape index (κ2) is 4.41. The van der Waals surface area contributed by atoms with E-state index in [1.54, 1.807) is 18.6 Å². The SMILES string of the molecule is Cc1ccc(C(O)c2cnccc2C)nc1. The molecule has 0 radical (unpaired) electrons. The van der Waals surface area contributed by atoms with E-state index in [4.69, 9.17) is 0 Å². The maximum Gasteiger partial charge on any atom is 0.123 e. The molecule has 2 rings (SSSR count). The van der Waals surface area contributed by atoms with Crippen LogP contribution in [-0.4, -0.2) is 15.1 Å². The van der Waals surface area contributed by atoms with Crippen molar-refractivity contribution >= 4 is 0 Å². The van der Waals surface area contributed by atoms with Gasteiger partial charge in [-0.15, -0.1) is 0 Å². The van der Waals surface area contributed by atoms with Crippen molar-refractivity contribution < 1.29 is 5.11 Å². The summed E-state index contributed by atoms with van der Waals surface area (Å²) in [6, 6.07) is 5.66. The minimum atomic E-state index is -0.700. The molecule has 1 unspecified atom stereocenters. The van der Waals surface area contributed by atoms with Crippen molar-refractivity contribution in [2.45, 2.75) is 20.0 Å². The van der Waals surface area contributed by atoms with Crippen molar-refractivity contribution in [2.75, 3.05) is 0 Å². The molecule has 0 saturated heterocycles. The smallest absolute Gasteiger partial charge is 0.123 e. The summed E-state index contributed by atoms with van der Waals surface area (Å²) in [7, 11) is 0. The minimum absolute atomic E-state index is 0.654. The van der Waals surface area contributed by atoms with E-state index in [0.717, 1.165) is 16.7 Å². The maximum absolute atomic E-state index is 10.2. The molecule has 2 heterocycles. The van der Waals surface area contributed by atoms with E-state index in [-0.39, 0.29) is 0 Å². The van der Waals surface area contributed by atoms with Gasteiger partial charge in [0.05, 0.1) is 5.69 Å². The molecular weight excluding hydrogens is 200 g/mol. The summed E-state index contributed by atoms with van der Waals surface area (Å²) in [5, 5.41) is 10.2. The predicted octanol–water partition coefficient (Wildman–Crippen LogP) is 2.18. The molecule has 0 aromatic carbocycles. The summed E-state index contributed by atoms with van der Waals surface area (Å²) in [6.07, 6.45) is 4.45. The van der Waals surface area contributed by atoms with Gasteiger partial charge in [-0.2, -0.15) is 0 Å². The van der Waals surface area contributed by atoms with Gasteiger partial charge in [-0.25, -0.2) is 0 Å². The highest BCUT2D eigenvalue weighted by molar-refractivity contribution is 5.30. The Balaban J connectivity index is 2.35. The van der Waals surface area contributed by atoms with Gasteiger partial charge in [0, 0.05) is 24.2 Å². The Kier molecular flexibility index (Phi) is 2.97. The Labute approximate surface area is 94.8 Å². The molecule has 1 N–H and O–H groups in total. The lowest BCUT2D eigenvalue weighted by molar-refractivity contribution is 0.214. The monoisotopic (exact) mass is 214 g/mol. The van der Waals surface area contributed by atoms with Crippen molar-refractivity contribution in [3.8, 4) is 0 Å². The molecule has 0 amide bonds. The van der Waals surface area contributed by atoms with Crippen LogP contribution in [0.5, 0.6) is 0 Å². The van der Waals surface area contributed by atoms with Gasteiger partial charge in [-0.05, 0) is 37.1 Å². The standard InChI is InChI=1S/C13H14N2O/c1-9-3-4-12(15-7-9)13(16)11-8-14-6-5-10(11)2/h3-8,13,16H,1-2H3. The van der Waals surface area contributed by atoms with Gasteiger partial charge in [0.25, 0.3) is 0 Å². The van der Waals surface area contributed by atoms with Crippen LogP contribution in [0.1, 0.15) is 28.5 Å². The first-order valence-corrected chi connectivity index (χ1v) is 5.19. The van der Waals surface area contributed by atoms with Gasteiger partial charge >= 0.3 is 0 Å². The van der Waals surface area contributed by atoms with Crippen molar-refractivity contribution in [1.82, 2.24) is 9.97 Å². The fraction of sp³-hybridized carbons (Fsp3) is 0.231. The average molecular weight is 214 g/mol. The quantitative estimate of drug-likeness (QED) is 0.833. The molecule has 0 aliphatic heterocycles. The van der Waals surface area contributed by atoms with Crippen molar-refractivity contribution in [3.05, 3.63) is 59.2 Å². The second-order valence-electron chi connectivity index (χ2n) is 3.90. The van der Waals surface area contributed by atoms with Gasteiger partial charge in [0.15, 0.2) is 0 Å². The Bertz CT molecular complexity index is 480. The first-order valence-electron chi connectivity index (χ1n) is 5.19. The summed E-state index contributed by atoms with van der Waals surface area (Å²) >= 11 is 0. The summed E-state index contributed by atoms with van der Waals surface area (Å²) in [6.45, 7) is 3.92. The first kappa shape index (κ1) is 10.8. The zero-order valence-electron chi connectivity index (χ0n) is 9.38. The van der Waals surface area contributed by atoms with Crippen LogP contribution < -0.4 is 0 Å². The van der Waals surface area contributed by atoms with Crippen LogP contribution in [0, 0.1) is 13.8 Å². The summed E-state index contributed by atoms with van der Waals surface area (Å²) in [5.41, 5.74) is 3.56. The molecule has 3 nitrogen and oxygen atoms in total. The highest BCUT2D eigenvalue weighted by Crippen LogP contribution is 2.22. The van der Waals surface area contributed by atoms with Crippen LogP contribution in [0.2, 0.25) is 0 Å². The average Bonchev–Trinajstić information content (AvgIpc) is 2.30. The lowest BCUT2D eigenvalue weighted by Crippen LogP contribution is -2.04. The molecule has 0 spiro atoms.